The molecule has 2 aromatic carbocycles. The molecule has 1 aliphatic rings. The van der Waals surface area contributed by atoms with Crippen LogP contribution in [0.25, 0.3) is 0 Å². The minimum atomic E-state index is -1.02. The number of carboxylic acid groups (broad SMARTS) is 1. The van der Waals surface area contributed by atoms with Crippen LogP contribution in [0, 0.1) is 11.8 Å². The van der Waals surface area contributed by atoms with E-state index in [0.717, 1.165) is 12.0 Å². The number of hydrogen-bond acceptors (Lipinski definition) is 4. The first kappa shape index (κ1) is 20.4. The lowest BCUT2D eigenvalue weighted by molar-refractivity contribution is -0.139. The summed E-state index contributed by atoms with van der Waals surface area (Å²) in [4.78, 5) is 34.7. The summed E-state index contributed by atoms with van der Waals surface area (Å²) in [6, 6.07) is 13.9. The maximum absolute atomic E-state index is 12.3. The van der Waals surface area contributed by atoms with Crippen LogP contribution in [0.2, 0.25) is 0 Å². The van der Waals surface area contributed by atoms with Gasteiger partial charge in [0, 0.05) is 23.7 Å². The van der Waals surface area contributed by atoms with E-state index in [0.29, 0.717) is 35.9 Å². The lowest BCUT2D eigenvalue weighted by Gasteiger charge is -2.08. The van der Waals surface area contributed by atoms with E-state index in [1.165, 1.54) is 0 Å². The van der Waals surface area contributed by atoms with Crippen LogP contribution in [0.1, 0.15) is 29.3 Å². The molecule has 0 aromatic heterocycles. The van der Waals surface area contributed by atoms with Gasteiger partial charge in [-0.05, 0) is 60.7 Å². The number of aliphatic carboxylic acids is 1. The van der Waals surface area contributed by atoms with Crippen LogP contribution in [0.3, 0.4) is 0 Å². The number of anilines is 1. The van der Waals surface area contributed by atoms with Crippen molar-refractivity contribution in [2.24, 2.45) is 11.8 Å². The molecule has 29 heavy (non-hydrogen) atoms. The van der Waals surface area contributed by atoms with Gasteiger partial charge in [-0.15, -0.1) is 0 Å². The van der Waals surface area contributed by atoms with E-state index >= 15 is 0 Å². The molecule has 0 radical (unpaired) electrons. The number of nitrogens with one attached hydrogen (secondary N) is 2. The van der Waals surface area contributed by atoms with E-state index < -0.39 is 5.97 Å². The number of hydrogen-bond donors (Lipinski definition) is 3. The molecule has 0 saturated heterocycles. The van der Waals surface area contributed by atoms with Gasteiger partial charge < -0.3 is 20.5 Å². The summed E-state index contributed by atoms with van der Waals surface area (Å²) in [6.45, 7) is 2.14. The Labute approximate surface area is 169 Å². The summed E-state index contributed by atoms with van der Waals surface area (Å²) in [5.74, 6) is -0.119. The summed E-state index contributed by atoms with van der Waals surface area (Å²) in [6.07, 6.45) is 1.57. The second-order valence-corrected chi connectivity index (χ2v) is 7.22. The number of amides is 2. The van der Waals surface area contributed by atoms with Gasteiger partial charge in [0.2, 0.25) is 5.91 Å². The molecule has 2 amide bonds. The van der Waals surface area contributed by atoms with Gasteiger partial charge in [0.1, 0.15) is 5.75 Å². The number of carboxylic acids is 1. The van der Waals surface area contributed by atoms with E-state index in [1.54, 1.807) is 36.4 Å². The van der Waals surface area contributed by atoms with Gasteiger partial charge in [-0.25, -0.2) is 4.79 Å². The second-order valence-electron chi connectivity index (χ2n) is 7.22. The number of ether oxygens (including phenoxy) is 1. The fourth-order valence-corrected chi connectivity index (χ4v) is 2.95. The molecule has 0 spiro atoms. The lowest BCUT2D eigenvalue weighted by Crippen LogP contribution is -2.25. The van der Waals surface area contributed by atoms with Gasteiger partial charge >= 0.3 is 5.97 Å². The number of rotatable bonds is 9. The fourth-order valence-electron chi connectivity index (χ4n) is 2.95. The number of carbonyl (C=O) groups excluding carboxylic acids is 2. The highest BCUT2D eigenvalue weighted by Gasteiger charge is 2.39. The van der Waals surface area contributed by atoms with Gasteiger partial charge in [0.25, 0.3) is 5.91 Å². The van der Waals surface area contributed by atoms with Gasteiger partial charge in [-0.2, -0.15) is 0 Å². The molecule has 1 fully saturated rings. The molecule has 3 N–H and O–H groups in total. The Kier molecular flexibility index (Phi) is 6.49. The Morgan fingerprint density at radius 1 is 1.07 bits per heavy atom. The Bertz CT molecular complexity index is 877. The van der Waals surface area contributed by atoms with Crippen LogP contribution in [-0.4, -0.2) is 36.0 Å². The van der Waals surface area contributed by atoms with E-state index in [9.17, 15) is 14.4 Å². The van der Waals surface area contributed by atoms with Crippen LogP contribution in [0.15, 0.2) is 48.5 Å². The first-order valence-electron chi connectivity index (χ1n) is 9.55. The predicted octanol–water partition coefficient (Wildman–Crippen LogP) is 2.72. The van der Waals surface area contributed by atoms with Crippen LogP contribution >= 0.6 is 0 Å². The zero-order valence-corrected chi connectivity index (χ0v) is 16.2. The first-order valence-corrected chi connectivity index (χ1v) is 9.55. The van der Waals surface area contributed by atoms with Crippen molar-refractivity contribution in [3.63, 3.8) is 0 Å². The van der Waals surface area contributed by atoms with Crippen LogP contribution in [0.4, 0.5) is 5.69 Å². The van der Waals surface area contributed by atoms with Crippen LogP contribution < -0.4 is 15.4 Å². The molecule has 2 unspecified atom stereocenters. The van der Waals surface area contributed by atoms with Gasteiger partial charge in [-0.3, -0.25) is 9.59 Å². The third-order valence-electron chi connectivity index (χ3n) is 4.85. The Hall–Kier alpha value is -3.35. The SMILES string of the molecule is CC1CC1C(=O)Nc1ccc(C(=O)NCCc2ccc(OCC(=O)O)cc2)cc1. The molecule has 3 rings (SSSR count). The molecular weight excluding hydrogens is 372 g/mol. The molecule has 7 nitrogen and oxygen atoms in total. The molecule has 0 bridgehead atoms. The second kappa shape index (κ2) is 9.23. The van der Waals surface area contributed by atoms with Crippen molar-refractivity contribution in [3.8, 4) is 5.75 Å². The molecule has 0 aliphatic heterocycles. The van der Waals surface area contributed by atoms with Crippen molar-refractivity contribution < 1.29 is 24.2 Å². The van der Waals surface area contributed by atoms with Crippen molar-refractivity contribution in [2.75, 3.05) is 18.5 Å². The average Bonchev–Trinajstić information content (AvgIpc) is 3.44. The predicted molar refractivity (Wildman–Crippen MR) is 108 cm³/mol. The zero-order valence-electron chi connectivity index (χ0n) is 16.2. The van der Waals surface area contributed by atoms with Crippen LogP contribution in [0.5, 0.6) is 5.75 Å². The van der Waals surface area contributed by atoms with E-state index in [1.807, 2.05) is 12.1 Å². The summed E-state index contributed by atoms with van der Waals surface area (Å²) in [5.41, 5.74) is 2.22. The number of benzene rings is 2. The highest BCUT2D eigenvalue weighted by molar-refractivity contribution is 5.97. The Morgan fingerprint density at radius 2 is 1.72 bits per heavy atom. The molecule has 1 saturated carbocycles. The summed E-state index contributed by atoms with van der Waals surface area (Å²) in [5, 5.41) is 14.3. The Morgan fingerprint density at radius 3 is 2.31 bits per heavy atom. The molecule has 2 aromatic rings. The monoisotopic (exact) mass is 396 g/mol. The largest absolute Gasteiger partial charge is 0.482 e. The maximum Gasteiger partial charge on any atom is 0.341 e. The first-order chi connectivity index (χ1) is 13.9. The van der Waals surface area contributed by atoms with Crippen molar-refractivity contribution >= 4 is 23.5 Å². The van der Waals surface area contributed by atoms with Gasteiger partial charge in [0.05, 0.1) is 0 Å². The summed E-state index contributed by atoms with van der Waals surface area (Å²) >= 11 is 0. The number of carbonyl (C=O) groups is 3. The minimum Gasteiger partial charge on any atom is -0.482 e. The minimum absolute atomic E-state index is 0.0362. The van der Waals surface area contributed by atoms with E-state index in [4.69, 9.17) is 9.84 Å². The summed E-state index contributed by atoms with van der Waals surface area (Å²) in [7, 11) is 0. The van der Waals surface area contributed by atoms with Gasteiger partial charge in [0.15, 0.2) is 6.61 Å². The van der Waals surface area contributed by atoms with Crippen molar-refractivity contribution in [2.45, 2.75) is 19.8 Å². The van der Waals surface area contributed by atoms with Crippen molar-refractivity contribution in [3.05, 3.63) is 59.7 Å². The molecular formula is C22H24N2O5. The summed E-state index contributed by atoms with van der Waals surface area (Å²) < 4.78 is 5.08. The standard InChI is InChI=1S/C22H24N2O5/c1-14-12-19(14)22(28)24-17-6-4-16(5-7-17)21(27)23-11-10-15-2-8-18(9-3-15)29-13-20(25)26/h2-9,14,19H,10-13H2,1H3,(H,23,27)(H,24,28)(H,25,26). The third-order valence-corrected chi connectivity index (χ3v) is 4.85. The molecule has 1 aliphatic carbocycles. The molecule has 7 heteroatoms. The molecule has 2 atom stereocenters. The third kappa shape index (κ3) is 6.07. The Balaban J connectivity index is 1.42. The lowest BCUT2D eigenvalue weighted by atomic mass is 10.1. The van der Waals surface area contributed by atoms with Crippen LogP contribution in [-0.2, 0) is 16.0 Å². The highest BCUT2D eigenvalue weighted by atomic mass is 16.5. The maximum atomic E-state index is 12.3. The van der Waals surface area contributed by atoms with E-state index in [-0.39, 0.29) is 24.3 Å². The fraction of sp³-hybridized carbons (Fsp3) is 0.318. The average molecular weight is 396 g/mol. The normalized spacial score (nSPS) is 17.3. The smallest absolute Gasteiger partial charge is 0.341 e. The van der Waals surface area contributed by atoms with E-state index in [2.05, 4.69) is 17.6 Å². The molecule has 152 valence electrons. The molecule has 0 heterocycles. The quantitative estimate of drug-likeness (QED) is 0.605. The highest BCUT2D eigenvalue weighted by Crippen LogP contribution is 2.38. The van der Waals surface area contributed by atoms with Crippen molar-refractivity contribution in [1.29, 1.82) is 0 Å². The van der Waals surface area contributed by atoms with Gasteiger partial charge in [-0.1, -0.05) is 19.1 Å². The van der Waals surface area contributed by atoms with Crippen molar-refractivity contribution in [1.82, 2.24) is 5.32 Å². The topological polar surface area (TPSA) is 105 Å². The zero-order chi connectivity index (χ0) is 20.8.